The van der Waals surface area contributed by atoms with Gasteiger partial charge in [0.2, 0.25) is 0 Å². The zero-order chi connectivity index (χ0) is 11.3. The summed E-state index contributed by atoms with van der Waals surface area (Å²) in [5.41, 5.74) is 7.27. The molecule has 0 amide bonds. The summed E-state index contributed by atoms with van der Waals surface area (Å²) in [5.74, 6) is 0. The third kappa shape index (κ3) is 4.28. The first-order valence-electron chi connectivity index (χ1n) is 4.56. The molecule has 1 aromatic carbocycles. The summed E-state index contributed by atoms with van der Waals surface area (Å²) in [6.07, 6.45) is 0.640. The molecule has 0 bridgehead atoms. The number of nitrogen functional groups attached to an aromatic ring is 1. The van der Waals surface area contributed by atoms with E-state index in [4.69, 9.17) is 5.73 Å². The van der Waals surface area contributed by atoms with Crippen LogP contribution in [0.1, 0.15) is 5.56 Å². The first-order chi connectivity index (χ1) is 7.03. The Bertz CT molecular complexity index is 400. The van der Waals surface area contributed by atoms with Gasteiger partial charge in [-0.05, 0) is 24.1 Å². The first-order valence-corrected chi connectivity index (χ1v) is 6.04. The smallest absolute Gasteiger partial charge is 0.276 e. The summed E-state index contributed by atoms with van der Waals surface area (Å²) >= 11 is 0. The number of benzene rings is 1. The second kappa shape index (κ2) is 5.11. The normalized spacial score (nSPS) is 11.5. The lowest BCUT2D eigenvalue weighted by Gasteiger charge is -2.05. The maximum atomic E-state index is 11.0. The van der Waals surface area contributed by atoms with Crippen molar-refractivity contribution in [1.29, 1.82) is 0 Å². The van der Waals surface area contributed by atoms with Gasteiger partial charge >= 0.3 is 0 Å². The van der Waals surface area contributed by atoms with Gasteiger partial charge in [0.25, 0.3) is 10.2 Å². The van der Waals surface area contributed by atoms with Gasteiger partial charge in [0.15, 0.2) is 0 Å². The highest BCUT2D eigenvalue weighted by Gasteiger charge is 2.03. The Hall–Kier alpha value is -1.11. The minimum absolute atomic E-state index is 0.368. The van der Waals surface area contributed by atoms with E-state index in [1.807, 2.05) is 12.1 Å². The van der Waals surface area contributed by atoms with Gasteiger partial charge in [-0.1, -0.05) is 12.1 Å². The Morgan fingerprint density at radius 2 is 1.87 bits per heavy atom. The molecule has 0 spiro atoms. The van der Waals surface area contributed by atoms with Crippen LogP contribution in [0.4, 0.5) is 5.69 Å². The molecule has 0 aliphatic rings. The second-order valence-corrected chi connectivity index (χ2v) is 4.80. The fraction of sp³-hybridized carbons (Fsp3) is 0.333. The zero-order valence-electron chi connectivity index (χ0n) is 8.53. The van der Waals surface area contributed by atoms with E-state index >= 15 is 0 Å². The van der Waals surface area contributed by atoms with Gasteiger partial charge in [-0.3, -0.25) is 0 Å². The molecule has 0 radical (unpaired) electrons. The third-order valence-electron chi connectivity index (χ3n) is 1.95. The van der Waals surface area contributed by atoms with Crippen LogP contribution >= 0.6 is 0 Å². The van der Waals surface area contributed by atoms with Crippen molar-refractivity contribution in [2.24, 2.45) is 0 Å². The molecule has 6 heteroatoms. The van der Waals surface area contributed by atoms with Gasteiger partial charge in [-0.25, -0.2) is 9.44 Å². The molecule has 1 rings (SSSR count). The molecule has 0 fully saturated rings. The quantitative estimate of drug-likeness (QED) is 0.615. The molecular weight excluding hydrogens is 214 g/mol. The molecule has 0 aliphatic carbocycles. The van der Waals surface area contributed by atoms with E-state index in [1.54, 1.807) is 12.1 Å². The van der Waals surface area contributed by atoms with E-state index in [1.165, 1.54) is 7.05 Å². The molecule has 0 unspecified atom stereocenters. The van der Waals surface area contributed by atoms with Crippen molar-refractivity contribution in [2.45, 2.75) is 6.42 Å². The molecule has 84 valence electrons. The Morgan fingerprint density at radius 3 is 2.40 bits per heavy atom. The SMILES string of the molecule is CNS(=O)(=O)NCCc1ccc(N)cc1. The van der Waals surface area contributed by atoms with Crippen LogP contribution in [0.15, 0.2) is 24.3 Å². The molecule has 0 aromatic heterocycles. The van der Waals surface area contributed by atoms with Crippen molar-refractivity contribution in [2.75, 3.05) is 19.3 Å². The number of hydrogen-bond acceptors (Lipinski definition) is 3. The van der Waals surface area contributed by atoms with E-state index in [-0.39, 0.29) is 0 Å². The van der Waals surface area contributed by atoms with E-state index in [2.05, 4.69) is 9.44 Å². The van der Waals surface area contributed by atoms with Gasteiger partial charge in [0.05, 0.1) is 0 Å². The van der Waals surface area contributed by atoms with Crippen molar-refractivity contribution in [3.63, 3.8) is 0 Å². The van der Waals surface area contributed by atoms with Gasteiger partial charge in [0.1, 0.15) is 0 Å². The van der Waals surface area contributed by atoms with Crippen LogP contribution in [0, 0.1) is 0 Å². The van der Waals surface area contributed by atoms with Gasteiger partial charge in [0, 0.05) is 19.3 Å². The topological polar surface area (TPSA) is 84.2 Å². The Morgan fingerprint density at radius 1 is 1.27 bits per heavy atom. The summed E-state index contributed by atoms with van der Waals surface area (Å²) in [5, 5.41) is 0. The van der Waals surface area contributed by atoms with Crippen molar-refractivity contribution >= 4 is 15.9 Å². The maximum Gasteiger partial charge on any atom is 0.276 e. The Labute approximate surface area is 89.9 Å². The van der Waals surface area contributed by atoms with Crippen molar-refractivity contribution in [3.8, 4) is 0 Å². The molecule has 0 saturated heterocycles. The van der Waals surface area contributed by atoms with Crippen LogP contribution < -0.4 is 15.2 Å². The molecule has 1 aromatic rings. The lowest BCUT2D eigenvalue weighted by atomic mass is 10.1. The van der Waals surface area contributed by atoms with Crippen molar-refractivity contribution < 1.29 is 8.42 Å². The molecule has 15 heavy (non-hydrogen) atoms. The molecule has 0 saturated carbocycles. The number of hydrogen-bond donors (Lipinski definition) is 3. The monoisotopic (exact) mass is 229 g/mol. The lowest BCUT2D eigenvalue weighted by Crippen LogP contribution is -2.35. The largest absolute Gasteiger partial charge is 0.399 e. The van der Waals surface area contributed by atoms with Crippen LogP contribution in [0.25, 0.3) is 0 Å². The van der Waals surface area contributed by atoms with E-state index < -0.39 is 10.2 Å². The maximum absolute atomic E-state index is 11.0. The fourth-order valence-electron chi connectivity index (χ4n) is 1.09. The molecule has 0 heterocycles. The standard InChI is InChI=1S/C9H15N3O2S/c1-11-15(13,14)12-7-6-8-2-4-9(10)5-3-8/h2-5,11-12H,6-7,10H2,1H3. The number of rotatable bonds is 5. The number of nitrogens with two attached hydrogens (primary N) is 1. The van der Waals surface area contributed by atoms with E-state index in [0.29, 0.717) is 18.7 Å². The molecule has 0 aliphatic heterocycles. The van der Waals surface area contributed by atoms with Crippen LogP contribution in [0.3, 0.4) is 0 Å². The van der Waals surface area contributed by atoms with Crippen LogP contribution in [0.5, 0.6) is 0 Å². The minimum atomic E-state index is -3.32. The molecule has 5 nitrogen and oxygen atoms in total. The second-order valence-electron chi connectivity index (χ2n) is 3.09. The fourth-order valence-corrected chi connectivity index (χ4v) is 1.60. The van der Waals surface area contributed by atoms with Crippen LogP contribution in [-0.2, 0) is 16.6 Å². The Kier molecular flexibility index (Phi) is 4.07. The van der Waals surface area contributed by atoms with Gasteiger partial charge in [-0.2, -0.15) is 8.42 Å². The van der Waals surface area contributed by atoms with Crippen LogP contribution in [0.2, 0.25) is 0 Å². The average molecular weight is 229 g/mol. The summed E-state index contributed by atoms with van der Waals surface area (Å²) in [4.78, 5) is 0. The minimum Gasteiger partial charge on any atom is -0.399 e. The van der Waals surface area contributed by atoms with Crippen molar-refractivity contribution in [3.05, 3.63) is 29.8 Å². The predicted molar refractivity (Wildman–Crippen MR) is 60.5 cm³/mol. The summed E-state index contributed by atoms with van der Waals surface area (Å²) < 4.78 is 26.6. The molecule has 0 atom stereocenters. The highest BCUT2D eigenvalue weighted by atomic mass is 32.2. The number of nitrogens with one attached hydrogen (secondary N) is 2. The predicted octanol–water partition coefficient (Wildman–Crippen LogP) is -0.135. The summed E-state index contributed by atoms with van der Waals surface area (Å²) in [6, 6.07) is 7.34. The van der Waals surface area contributed by atoms with Gasteiger partial charge in [-0.15, -0.1) is 0 Å². The average Bonchev–Trinajstić information content (AvgIpc) is 2.21. The molecular formula is C9H15N3O2S. The van der Waals surface area contributed by atoms with Crippen molar-refractivity contribution in [1.82, 2.24) is 9.44 Å². The Balaban J connectivity index is 2.42. The lowest BCUT2D eigenvalue weighted by molar-refractivity contribution is 0.573. The van der Waals surface area contributed by atoms with E-state index in [0.717, 1.165) is 5.56 Å². The van der Waals surface area contributed by atoms with E-state index in [9.17, 15) is 8.42 Å². The highest BCUT2D eigenvalue weighted by Crippen LogP contribution is 2.05. The van der Waals surface area contributed by atoms with Gasteiger partial charge < -0.3 is 5.73 Å². The highest BCUT2D eigenvalue weighted by molar-refractivity contribution is 7.87. The summed E-state index contributed by atoms with van der Waals surface area (Å²) in [6.45, 7) is 0.368. The summed E-state index contributed by atoms with van der Waals surface area (Å²) in [7, 11) is -1.96. The number of anilines is 1. The molecule has 4 N–H and O–H groups in total. The first kappa shape index (κ1) is 12.0. The van der Waals surface area contributed by atoms with Crippen LogP contribution in [-0.4, -0.2) is 22.0 Å². The third-order valence-corrected chi connectivity index (χ3v) is 3.08. The zero-order valence-corrected chi connectivity index (χ0v) is 9.34.